The van der Waals surface area contributed by atoms with Crippen LogP contribution in [0.15, 0.2) is 54.1 Å². The third-order valence-corrected chi connectivity index (χ3v) is 4.98. The van der Waals surface area contributed by atoms with E-state index >= 15 is 0 Å². The Bertz CT molecular complexity index is 1150. The Balaban J connectivity index is 1.92. The molecule has 0 atom stereocenters. The zero-order valence-corrected chi connectivity index (χ0v) is 16.9. The molecular formula is C24H22FN3O. The number of hydrogen-bond acceptors (Lipinski definition) is 2. The highest BCUT2D eigenvalue weighted by atomic mass is 19.1. The van der Waals surface area contributed by atoms with Crippen LogP contribution in [-0.4, -0.2) is 10.5 Å². The third kappa shape index (κ3) is 4.27. The molecule has 1 amide bonds. The second-order valence-corrected chi connectivity index (χ2v) is 7.06. The predicted octanol–water partition coefficient (Wildman–Crippen LogP) is 5.40. The maximum absolute atomic E-state index is 13.2. The summed E-state index contributed by atoms with van der Waals surface area (Å²) in [5.74, 6) is -0.756. The van der Waals surface area contributed by atoms with E-state index in [1.165, 1.54) is 12.1 Å². The van der Waals surface area contributed by atoms with Gasteiger partial charge in [-0.2, -0.15) is 5.26 Å². The number of benzene rings is 2. The molecule has 0 fully saturated rings. The number of amides is 1. The summed E-state index contributed by atoms with van der Waals surface area (Å²) in [4.78, 5) is 12.6. The first-order chi connectivity index (χ1) is 13.8. The minimum Gasteiger partial charge on any atom is -0.321 e. The molecule has 0 aliphatic carbocycles. The fourth-order valence-electron chi connectivity index (χ4n) is 3.24. The van der Waals surface area contributed by atoms with Gasteiger partial charge in [-0.1, -0.05) is 6.07 Å². The highest BCUT2D eigenvalue weighted by Gasteiger charge is 2.14. The van der Waals surface area contributed by atoms with Crippen LogP contribution in [0, 0.1) is 44.8 Å². The van der Waals surface area contributed by atoms with E-state index in [4.69, 9.17) is 0 Å². The number of rotatable bonds is 4. The quantitative estimate of drug-likeness (QED) is 0.482. The molecule has 1 aromatic heterocycles. The fourth-order valence-corrected chi connectivity index (χ4v) is 3.24. The van der Waals surface area contributed by atoms with Gasteiger partial charge in [-0.05, 0) is 92.9 Å². The second-order valence-electron chi connectivity index (χ2n) is 7.06. The van der Waals surface area contributed by atoms with Gasteiger partial charge in [0.05, 0.1) is 0 Å². The Morgan fingerprint density at radius 2 is 1.72 bits per heavy atom. The van der Waals surface area contributed by atoms with Crippen molar-refractivity contribution < 1.29 is 9.18 Å². The molecule has 3 aromatic rings. The summed E-state index contributed by atoms with van der Waals surface area (Å²) in [5, 5.41) is 12.3. The Morgan fingerprint density at radius 1 is 1.03 bits per heavy atom. The molecule has 0 bridgehead atoms. The Kier molecular flexibility index (Phi) is 5.65. The van der Waals surface area contributed by atoms with Gasteiger partial charge in [0.25, 0.3) is 5.91 Å². The number of halogens is 1. The average molecular weight is 387 g/mol. The number of nitrogens with zero attached hydrogens (tertiary/aromatic N) is 2. The molecule has 3 rings (SSSR count). The SMILES string of the molecule is Cc1ccc(NC(=O)C(C#N)=Cc2cc(C)n(-c3ccc(F)cc3)c2C)cc1C. The standard InChI is InChI=1S/C24H22FN3O/c1-15-5-8-22(11-16(15)2)27-24(29)20(14-26)13-19-12-17(3)28(18(19)4)23-9-6-21(25)7-10-23/h5-13H,1-4H3,(H,27,29). The molecule has 0 saturated carbocycles. The van der Waals surface area contributed by atoms with Crippen molar-refractivity contribution in [2.45, 2.75) is 27.7 Å². The lowest BCUT2D eigenvalue weighted by molar-refractivity contribution is -0.112. The summed E-state index contributed by atoms with van der Waals surface area (Å²) in [7, 11) is 0. The molecule has 29 heavy (non-hydrogen) atoms. The predicted molar refractivity (Wildman–Crippen MR) is 113 cm³/mol. The van der Waals surface area contributed by atoms with Crippen LogP contribution in [0.4, 0.5) is 10.1 Å². The maximum atomic E-state index is 13.2. The van der Waals surface area contributed by atoms with E-state index in [0.717, 1.165) is 33.8 Å². The summed E-state index contributed by atoms with van der Waals surface area (Å²) in [6, 6.07) is 15.7. The number of hydrogen-bond donors (Lipinski definition) is 1. The van der Waals surface area contributed by atoms with Crippen molar-refractivity contribution in [2.75, 3.05) is 5.32 Å². The molecule has 0 aliphatic heterocycles. The number of anilines is 1. The van der Waals surface area contributed by atoms with Crippen molar-refractivity contribution in [3.63, 3.8) is 0 Å². The molecule has 5 heteroatoms. The minimum atomic E-state index is -0.456. The first-order valence-electron chi connectivity index (χ1n) is 9.25. The highest BCUT2D eigenvalue weighted by molar-refractivity contribution is 6.09. The number of carbonyl (C=O) groups is 1. The van der Waals surface area contributed by atoms with Gasteiger partial charge in [-0.3, -0.25) is 4.79 Å². The van der Waals surface area contributed by atoms with E-state index in [2.05, 4.69) is 5.32 Å². The van der Waals surface area contributed by atoms with Crippen LogP contribution in [0.2, 0.25) is 0 Å². The smallest absolute Gasteiger partial charge is 0.266 e. The molecule has 0 saturated heterocycles. The van der Waals surface area contributed by atoms with Crippen molar-refractivity contribution in [3.05, 3.63) is 88.0 Å². The normalized spacial score (nSPS) is 11.2. The zero-order valence-electron chi connectivity index (χ0n) is 16.9. The number of nitriles is 1. The second kappa shape index (κ2) is 8.15. The first kappa shape index (κ1) is 20.1. The van der Waals surface area contributed by atoms with Gasteiger partial charge in [0.15, 0.2) is 0 Å². The van der Waals surface area contributed by atoms with Crippen LogP contribution in [0.3, 0.4) is 0 Å². The van der Waals surface area contributed by atoms with Gasteiger partial charge in [-0.15, -0.1) is 0 Å². The van der Waals surface area contributed by atoms with Crippen molar-refractivity contribution in [1.29, 1.82) is 5.26 Å². The summed E-state index contributed by atoms with van der Waals surface area (Å²) in [6.07, 6.45) is 1.58. The maximum Gasteiger partial charge on any atom is 0.266 e. The van der Waals surface area contributed by atoms with E-state index in [-0.39, 0.29) is 11.4 Å². The summed E-state index contributed by atoms with van der Waals surface area (Å²) in [6.45, 7) is 7.79. The van der Waals surface area contributed by atoms with Gasteiger partial charge in [0.1, 0.15) is 17.5 Å². The van der Waals surface area contributed by atoms with Crippen LogP contribution in [0.5, 0.6) is 0 Å². The van der Waals surface area contributed by atoms with E-state index in [1.807, 2.05) is 62.6 Å². The summed E-state index contributed by atoms with van der Waals surface area (Å²) < 4.78 is 15.2. The molecule has 2 aromatic carbocycles. The zero-order chi connectivity index (χ0) is 21.1. The molecular weight excluding hydrogens is 365 g/mol. The number of carbonyl (C=O) groups excluding carboxylic acids is 1. The molecule has 0 radical (unpaired) electrons. The van der Waals surface area contributed by atoms with Crippen molar-refractivity contribution in [2.24, 2.45) is 0 Å². The van der Waals surface area contributed by atoms with E-state index in [0.29, 0.717) is 5.69 Å². The topological polar surface area (TPSA) is 57.8 Å². The molecule has 4 nitrogen and oxygen atoms in total. The van der Waals surface area contributed by atoms with Gasteiger partial charge in [0.2, 0.25) is 0 Å². The van der Waals surface area contributed by atoms with E-state index < -0.39 is 5.91 Å². The molecule has 0 spiro atoms. The molecule has 0 aliphatic rings. The lowest BCUT2D eigenvalue weighted by Gasteiger charge is -2.09. The van der Waals surface area contributed by atoms with Gasteiger partial charge in [0, 0.05) is 22.8 Å². The largest absolute Gasteiger partial charge is 0.321 e. The highest BCUT2D eigenvalue weighted by Crippen LogP contribution is 2.23. The van der Waals surface area contributed by atoms with Crippen molar-refractivity contribution >= 4 is 17.7 Å². The number of nitrogens with one attached hydrogen (secondary N) is 1. The van der Waals surface area contributed by atoms with Crippen molar-refractivity contribution in [3.8, 4) is 11.8 Å². The van der Waals surface area contributed by atoms with E-state index in [9.17, 15) is 14.4 Å². The molecule has 0 unspecified atom stereocenters. The number of aromatic nitrogens is 1. The van der Waals surface area contributed by atoms with Gasteiger partial charge < -0.3 is 9.88 Å². The first-order valence-corrected chi connectivity index (χ1v) is 9.25. The minimum absolute atomic E-state index is 0.0163. The van der Waals surface area contributed by atoms with Crippen LogP contribution in [-0.2, 0) is 4.79 Å². The Morgan fingerprint density at radius 3 is 2.34 bits per heavy atom. The van der Waals surface area contributed by atoms with Crippen LogP contribution >= 0.6 is 0 Å². The summed E-state index contributed by atoms with van der Waals surface area (Å²) in [5.41, 5.74) is 6.23. The fraction of sp³-hybridized carbons (Fsp3) is 0.167. The lowest BCUT2D eigenvalue weighted by Crippen LogP contribution is -2.13. The number of aryl methyl sites for hydroxylation is 3. The van der Waals surface area contributed by atoms with Gasteiger partial charge >= 0.3 is 0 Å². The third-order valence-electron chi connectivity index (χ3n) is 4.98. The lowest BCUT2D eigenvalue weighted by atomic mass is 10.1. The monoisotopic (exact) mass is 387 g/mol. The van der Waals surface area contributed by atoms with Crippen LogP contribution in [0.1, 0.15) is 28.1 Å². The summed E-state index contributed by atoms with van der Waals surface area (Å²) >= 11 is 0. The van der Waals surface area contributed by atoms with Crippen LogP contribution in [0.25, 0.3) is 11.8 Å². The molecule has 1 heterocycles. The van der Waals surface area contributed by atoms with E-state index in [1.54, 1.807) is 18.2 Å². The molecule has 146 valence electrons. The molecule has 1 N–H and O–H groups in total. The Hall–Kier alpha value is -3.65. The van der Waals surface area contributed by atoms with Crippen molar-refractivity contribution in [1.82, 2.24) is 4.57 Å². The van der Waals surface area contributed by atoms with Gasteiger partial charge in [-0.25, -0.2) is 4.39 Å². The Labute approximate surface area is 169 Å². The van der Waals surface area contributed by atoms with Crippen LogP contribution < -0.4 is 5.32 Å². The average Bonchev–Trinajstić information content (AvgIpc) is 2.96.